The quantitative estimate of drug-likeness (QED) is 0.627. The Morgan fingerprint density at radius 1 is 1.27 bits per heavy atom. The van der Waals surface area contributed by atoms with Crippen LogP contribution in [0.4, 0.5) is 0 Å². The zero-order valence-electron chi connectivity index (χ0n) is 17.9. The lowest BCUT2D eigenvalue weighted by Crippen LogP contribution is -2.48. The number of carbonyl (C=O) groups is 2. The molecule has 1 aliphatic rings. The van der Waals surface area contributed by atoms with Gasteiger partial charge >= 0.3 is 5.97 Å². The van der Waals surface area contributed by atoms with Crippen molar-refractivity contribution >= 4 is 33.5 Å². The minimum absolute atomic E-state index is 0.000728. The van der Waals surface area contributed by atoms with E-state index in [1.165, 1.54) is 22.5 Å². The molecule has 0 spiro atoms. The number of hydrogen-bond donors (Lipinski definition) is 1. The predicted octanol–water partition coefficient (Wildman–Crippen LogP) is 2.60. The van der Waals surface area contributed by atoms with E-state index in [2.05, 4.69) is 5.32 Å². The number of esters is 1. The molecule has 1 aliphatic heterocycles. The normalized spacial score (nSPS) is 20.6. The molecule has 1 amide bonds. The van der Waals surface area contributed by atoms with Crippen LogP contribution >= 0.6 is 11.6 Å². The van der Waals surface area contributed by atoms with Gasteiger partial charge in [0.2, 0.25) is 10.0 Å². The van der Waals surface area contributed by atoms with E-state index in [9.17, 15) is 18.0 Å². The molecule has 30 heavy (non-hydrogen) atoms. The Kier molecular flexibility index (Phi) is 7.90. The fraction of sp³-hybridized carbons (Fsp3) is 0.600. The van der Waals surface area contributed by atoms with Crippen molar-refractivity contribution in [1.29, 1.82) is 0 Å². The number of morpholine rings is 1. The zero-order chi connectivity index (χ0) is 22.7. The Morgan fingerprint density at radius 3 is 2.43 bits per heavy atom. The van der Waals surface area contributed by atoms with E-state index in [4.69, 9.17) is 21.1 Å². The molecule has 2 atom stereocenters. The highest BCUT2D eigenvalue weighted by molar-refractivity contribution is 7.89. The summed E-state index contributed by atoms with van der Waals surface area (Å²) in [5.74, 6) is -1.25. The Labute approximate surface area is 182 Å². The monoisotopic (exact) mass is 460 g/mol. The first-order valence-electron chi connectivity index (χ1n) is 9.79. The third kappa shape index (κ3) is 6.16. The lowest BCUT2D eigenvalue weighted by molar-refractivity contribution is -0.125. The van der Waals surface area contributed by atoms with E-state index >= 15 is 0 Å². The molecule has 168 valence electrons. The highest BCUT2D eigenvalue weighted by Gasteiger charge is 2.34. The number of halogens is 1. The van der Waals surface area contributed by atoms with Gasteiger partial charge in [-0.3, -0.25) is 4.79 Å². The van der Waals surface area contributed by atoms with Crippen LogP contribution < -0.4 is 5.32 Å². The molecule has 1 aromatic rings. The van der Waals surface area contributed by atoms with E-state index in [1.807, 2.05) is 20.8 Å². The summed E-state index contributed by atoms with van der Waals surface area (Å²) in [5.41, 5.74) is -0.424. The molecule has 2 unspecified atom stereocenters. The molecule has 1 fully saturated rings. The van der Waals surface area contributed by atoms with E-state index in [1.54, 1.807) is 13.8 Å². The molecule has 1 saturated heterocycles. The second kappa shape index (κ2) is 9.64. The SMILES string of the molecule is CCC(C)(C)NC(=O)COC(=O)c1ccc(Cl)c(S(=O)(=O)N2CC(C)OC(C)C2)c1. The average Bonchev–Trinajstić information content (AvgIpc) is 2.65. The number of benzene rings is 1. The minimum Gasteiger partial charge on any atom is -0.452 e. The van der Waals surface area contributed by atoms with Gasteiger partial charge in [0.25, 0.3) is 5.91 Å². The summed E-state index contributed by atoms with van der Waals surface area (Å²) >= 11 is 6.14. The van der Waals surface area contributed by atoms with Gasteiger partial charge in [-0.05, 0) is 52.3 Å². The van der Waals surface area contributed by atoms with Crippen LogP contribution in [0.2, 0.25) is 5.02 Å². The summed E-state index contributed by atoms with van der Waals surface area (Å²) < 4.78 is 38.1. The number of nitrogens with zero attached hydrogens (tertiary/aromatic N) is 1. The van der Waals surface area contributed by atoms with Gasteiger partial charge in [0.1, 0.15) is 4.90 Å². The lowest BCUT2D eigenvalue weighted by atomic mass is 10.0. The number of rotatable bonds is 7. The van der Waals surface area contributed by atoms with Crippen molar-refractivity contribution < 1.29 is 27.5 Å². The highest BCUT2D eigenvalue weighted by atomic mass is 35.5. The minimum atomic E-state index is -3.94. The zero-order valence-corrected chi connectivity index (χ0v) is 19.5. The second-order valence-electron chi connectivity index (χ2n) is 8.09. The molecule has 1 heterocycles. The van der Waals surface area contributed by atoms with Gasteiger partial charge in [-0.2, -0.15) is 4.31 Å². The summed E-state index contributed by atoms with van der Waals surface area (Å²) in [5, 5.41) is 2.76. The first-order valence-corrected chi connectivity index (χ1v) is 11.6. The molecule has 2 rings (SSSR count). The number of ether oxygens (including phenoxy) is 2. The van der Waals surface area contributed by atoms with Gasteiger partial charge in [-0.1, -0.05) is 18.5 Å². The molecule has 0 saturated carbocycles. The standard InChI is InChI=1S/C20H29ClN2O6S/c1-6-20(4,5)22-18(24)12-28-19(25)15-7-8-16(21)17(9-15)30(26,27)23-10-13(2)29-14(3)11-23/h7-9,13-14H,6,10-12H2,1-5H3,(H,22,24). The third-order valence-corrected chi connectivity index (χ3v) is 7.18. The van der Waals surface area contributed by atoms with Gasteiger partial charge in [0.05, 0.1) is 22.8 Å². The van der Waals surface area contributed by atoms with Gasteiger partial charge in [0.15, 0.2) is 6.61 Å². The van der Waals surface area contributed by atoms with Crippen molar-refractivity contribution in [3.63, 3.8) is 0 Å². The maximum atomic E-state index is 13.1. The van der Waals surface area contributed by atoms with E-state index in [-0.39, 0.29) is 40.8 Å². The van der Waals surface area contributed by atoms with Crippen molar-refractivity contribution in [3.8, 4) is 0 Å². The Balaban J connectivity index is 2.16. The van der Waals surface area contributed by atoms with Crippen LogP contribution in [0.3, 0.4) is 0 Å². The molecule has 8 nitrogen and oxygen atoms in total. The van der Waals surface area contributed by atoms with Gasteiger partial charge in [-0.15, -0.1) is 0 Å². The van der Waals surface area contributed by atoms with E-state index < -0.39 is 34.0 Å². The largest absolute Gasteiger partial charge is 0.452 e. The Bertz CT molecular complexity index is 893. The molecular formula is C20H29ClN2O6S. The molecular weight excluding hydrogens is 432 g/mol. The highest BCUT2D eigenvalue weighted by Crippen LogP contribution is 2.28. The van der Waals surface area contributed by atoms with Gasteiger partial charge < -0.3 is 14.8 Å². The maximum Gasteiger partial charge on any atom is 0.338 e. The fourth-order valence-corrected chi connectivity index (χ4v) is 5.10. The fourth-order valence-electron chi connectivity index (χ4n) is 3.01. The molecule has 1 aromatic carbocycles. The smallest absolute Gasteiger partial charge is 0.338 e. The van der Waals surface area contributed by atoms with Crippen LogP contribution in [-0.4, -0.2) is 62.0 Å². The summed E-state index contributed by atoms with van der Waals surface area (Å²) in [6.07, 6.45) is 0.187. The molecule has 0 aliphatic carbocycles. The van der Waals surface area contributed by atoms with Crippen LogP contribution in [0.5, 0.6) is 0 Å². The summed E-state index contributed by atoms with van der Waals surface area (Å²) in [6, 6.07) is 3.87. The van der Waals surface area contributed by atoms with Crippen molar-refractivity contribution in [2.24, 2.45) is 0 Å². The Hall–Kier alpha value is -1.68. The number of carbonyl (C=O) groups excluding carboxylic acids is 2. The number of nitrogens with one attached hydrogen (secondary N) is 1. The van der Waals surface area contributed by atoms with Crippen molar-refractivity contribution in [2.45, 2.75) is 63.7 Å². The summed E-state index contributed by atoms with van der Waals surface area (Å²) in [6.45, 7) is 9.13. The van der Waals surface area contributed by atoms with Gasteiger partial charge in [-0.25, -0.2) is 13.2 Å². The molecule has 0 radical (unpaired) electrons. The topological polar surface area (TPSA) is 102 Å². The van der Waals surface area contributed by atoms with Crippen LogP contribution in [0.15, 0.2) is 23.1 Å². The van der Waals surface area contributed by atoms with Crippen LogP contribution in [0.1, 0.15) is 51.4 Å². The predicted molar refractivity (Wildman–Crippen MR) is 113 cm³/mol. The number of hydrogen-bond acceptors (Lipinski definition) is 6. The first kappa shape index (κ1) is 24.6. The van der Waals surface area contributed by atoms with Crippen molar-refractivity contribution in [2.75, 3.05) is 19.7 Å². The average molecular weight is 461 g/mol. The van der Waals surface area contributed by atoms with Crippen molar-refractivity contribution in [3.05, 3.63) is 28.8 Å². The molecule has 0 bridgehead atoms. The second-order valence-corrected chi connectivity index (χ2v) is 10.4. The third-order valence-electron chi connectivity index (χ3n) is 4.87. The van der Waals surface area contributed by atoms with Gasteiger partial charge in [0, 0.05) is 18.6 Å². The lowest BCUT2D eigenvalue weighted by Gasteiger charge is -2.34. The maximum absolute atomic E-state index is 13.1. The number of amides is 1. The van der Waals surface area contributed by atoms with E-state index in [0.717, 1.165) is 0 Å². The Morgan fingerprint density at radius 2 is 1.87 bits per heavy atom. The molecule has 1 N–H and O–H groups in total. The molecule has 10 heteroatoms. The number of sulfonamides is 1. The summed E-state index contributed by atoms with van der Waals surface area (Å²) in [7, 11) is -3.94. The van der Waals surface area contributed by atoms with Crippen LogP contribution in [-0.2, 0) is 24.3 Å². The van der Waals surface area contributed by atoms with E-state index in [0.29, 0.717) is 6.42 Å². The first-order chi connectivity index (χ1) is 13.9. The van der Waals surface area contributed by atoms with Crippen molar-refractivity contribution in [1.82, 2.24) is 9.62 Å². The van der Waals surface area contributed by atoms with Crippen LogP contribution in [0.25, 0.3) is 0 Å². The van der Waals surface area contributed by atoms with Crippen LogP contribution in [0, 0.1) is 0 Å². The summed E-state index contributed by atoms with van der Waals surface area (Å²) in [4.78, 5) is 24.2. The molecule has 0 aromatic heterocycles.